The van der Waals surface area contributed by atoms with Crippen LogP contribution in [0.15, 0.2) is 24.3 Å². The van der Waals surface area contributed by atoms with E-state index in [0.29, 0.717) is 12.8 Å². The van der Waals surface area contributed by atoms with E-state index in [0.717, 1.165) is 38.5 Å². The van der Waals surface area contributed by atoms with Crippen molar-refractivity contribution in [2.75, 3.05) is 6.61 Å². The smallest absolute Gasteiger partial charge is 0.249 e. The van der Waals surface area contributed by atoms with Crippen molar-refractivity contribution in [3.8, 4) is 0 Å². The molecule has 4 N–H and O–H groups in total. The standard InChI is InChI=1S/C60H117NO4/c1-3-5-7-9-11-13-15-17-19-21-22-23-24-25-26-27-28-29-30-31-32-33-34-35-36-37-39-41-43-45-47-49-51-53-55-59(64)60(65)61-57(56-62)58(63)54-52-50-48-46-44-42-40-38-20-18-16-14-12-10-8-6-4-2/h24-25,27-28,57-59,62-64H,3-23,26,29-56H2,1-2H3,(H,61,65)/b25-24-,28-27-. The molecule has 0 aromatic rings. The van der Waals surface area contributed by atoms with Gasteiger partial charge in [-0.1, -0.05) is 308 Å². The second kappa shape index (κ2) is 55.4. The van der Waals surface area contributed by atoms with Crippen LogP contribution < -0.4 is 5.32 Å². The summed E-state index contributed by atoms with van der Waals surface area (Å²) in [5, 5.41) is 33.5. The van der Waals surface area contributed by atoms with Crippen LogP contribution in [0.1, 0.15) is 328 Å². The van der Waals surface area contributed by atoms with E-state index in [4.69, 9.17) is 0 Å². The summed E-state index contributed by atoms with van der Waals surface area (Å²) in [7, 11) is 0. The fourth-order valence-electron chi connectivity index (χ4n) is 9.46. The number of aliphatic hydroxyl groups excluding tert-OH is 3. The van der Waals surface area contributed by atoms with Crippen molar-refractivity contribution in [2.45, 2.75) is 347 Å². The molecule has 0 aliphatic rings. The normalized spacial score (nSPS) is 13.4. The van der Waals surface area contributed by atoms with Gasteiger partial charge in [0, 0.05) is 0 Å². The average molecular weight is 917 g/mol. The fraction of sp³-hybridized carbons (Fsp3) is 0.917. The summed E-state index contributed by atoms with van der Waals surface area (Å²) in [4.78, 5) is 12.6. The molecule has 0 aromatic heterocycles. The minimum atomic E-state index is -1.07. The predicted molar refractivity (Wildman–Crippen MR) is 287 cm³/mol. The van der Waals surface area contributed by atoms with Gasteiger partial charge in [-0.25, -0.2) is 0 Å². The number of hydrogen-bond donors (Lipinski definition) is 4. The van der Waals surface area contributed by atoms with E-state index in [1.807, 2.05) is 0 Å². The number of carbonyl (C=O) groups excluding carboxylic acids is 1. The highest BCUT2D eigenvalue weighted by atomic mass is 16.3. The van der Waals surface area contributed by atoms with Gasteiger partial charge in [-0.3, -0.25) is 4.79 Å². The van der Waals surface area contributed by atoms with E-state index in [1.54, 1.807) is 0 Å². The Morgan fingerprint density at radius 3 is 0.923 bits per heavy atom. The summed E-state index contributed by atoms with van der Waals surface area (Å²) in [6, 6.07) is -0.710. The third-order valence-electron chi connectivity index (χ3n) is 14.1. The van der Waals surface area contributed by atoms with Crippen molar-refractivity contribution in [2.24, 2.45) is 0 Å². The maximum absolute atomic E-state index is 12.6. The maximum atomic E-state index is 12.6. The first kappa shape index (κ1) is 63.8. The SMILES string of the molecule is CCCCCCCCCCCCC/C=C\C/C=C\CCCCCCCCCCCCCCCCCCC(O)C(=O)NC(CO)C(O)CCCCCCCCCCCCCCCCCCC. The third kappa shape index (κ3) is 50.5. The lowest BCUT2D eigenvalue weighted by atomic mass is 10.0. The van der Waals surface area contributed by atoms with Crippen molar-refractivity contribution in [3.63, 3.8) is 0 Å². The van der Waals surface area contributed by atoms with Gasteiger partial charge >= 0.3 is 0 Å². The Balaban J connectivity index is 3.48. The molecular formula is C60H117NO4. The van der Waals surface area contributed by atoms with Crippen LogP contribution >= 0.6 is 0 Å². The molecule has 5 nitrogen and oxygen atoms in total. The van der Waals surface area contributed by atoms with Crippen molar-refractivity contribution in [3.05, 3.63) is 24.3 Å². The van der Waals surface area contributed by atoms with Gasteiger partial charge in [0.25, 0.3) is 0 Å². The molecule has 3 unspecified atom stereocenters. The van der Waals surface area contributed by atoms with Gasteiger partial charge in [-0.05, 0) is 44.9 Å². The lowest BCUT2D eigenvalue weighted by Crippen LogP contribution is -2.49. The molecule has 0 aliphatic heterocycles. The first-order chi connectivity index (χ1) is 32.1. The number of allylic oxidation sites excluding steroid dienone is 4. The molecule has 1 amide bonds. The Kier molecular flexibility index (Phi) is 54.4. The van der Waals surface area contributed by atoms with Gasteiger partial charge in [-0.15, -0.1) is 0 Å². The maximum Gasteiger partial charge on any atom is 0.249 e. The molecular weight excluding hydrogens is 799 g/mol. The molecule has 5 heteroatoms. The molecule has 0 saturated carbocycles. The van der Waals surface area contributed by atoms with Crippen molar-refractivity contribution < 1.29 is 20.1 Å². The molecule has 0 radical (unpaired) electrons. The minimum Gasteiger partial charge on any atom is -0.394 e. The molecule has 3 atom stereocenters. The van der Waals surface area contributed by atoms with Crippen LogP contribution in [-0.2, 0) is 4.79 Å². The Bertz CT molecular complexity index is 967. The summed E-state index contributed by atoms with van der Waals surface area (Å²) >= 11 is 0. The largest absolute Gasteiger partial charge is 0.394 e. The Labute approximate surface area is 407 Å². The van der Waals surface area contributed by atoms with Crippen LogP contribution in [0.4, 0.5) is 0 Å². The monoisotopic (exact) mass is 916 g/mol. The number of unbranched alkanes of at least 4 members (excludes halogenated alkanes) is 43. The van der Waals surface area contributed by atoms with E-state index in [-0.39, 0.29) is 6.61 Å². The van der Waals surface area contributed by atoms with Crippen LogP contribution in [0.3, 0.4) is 0 Å². The van der Waals surface area contributed by atoms with Crippen molar-refractivity contribution >= 4 is 5.91 Å². The predicted octanol–water partition coefficient (Wildman–Crippen LogP) is 18.5. The average Bonchev–Trinajstić information content (AvgIpc) is 3.31. The first-order valence-electron chi connectivity index (χ1n) is 29.6. The number of amides is 1. The van der Waals surface area contributed by atoms with E-state index < -0.39 is 24.2 Å². The molecule has 386 valence electrons. The Morgan fingerprint density at radius 1 is 0.369 bits per heavy atom. The third-order valence-corrected chi connectivity index (χ3v) is 14.1. The molecule has 0 rings (SSSR count). The lowest BCUT2D eigenvalue weighted by molar-refractivity contribution is -0.131. The van der Waals surface area contributed by atoms with E-state index in [1.165, 1.54) is 263 Å². The highest BCUT2D eigenvalue weighted by Crippen LogP contribution is 2.18. The minimum absolute atomic E-state index is 0.310. The Morgan fingerprint density at radius 2 is 0.631 bits per heavy atom. The van der Waals surface area contributed by atoms with Gasteiger partial charge in [0.05, 0.1) is 18.8 Å². The molecule has 0 spiro atoms. The van der Waals surface area contributed by atoms with Crippen LogP contribution in [0, 0.1) is 0 Å². The first-order valence-corrected chi connectivity index (χ1v) is 29.6. The number of rotatable bonds is 55. The number of carbonyl (C=O) groups is 1. The van der Waals surface area contributed by atoms with Gasteiger partial charge in [0.1, 0.15) is 6.10 Å². The molecule has 0 saturated heterocycles. The van der Waals surface area contributed by atoms with Crippen LogP contribution in [0.2, 0.25) is 0 Å². The van der Waals surface area contributed by atoms with Crippen LogP contribution in [0.25, 0.3) is 0 Å². The Hall–Kier alpha value is -1.17. The molecule has 0 aliphatic carbocycles. The zero-order valence-electron chi connectivity index (χ0n) is 44.1. The molecule has 0 bridgehead atoms. The summed E-state index contributed by atoms with van der Waals surface area (Å²) in [5.41, 5.74) is 0. The topological polar surface area (TPSA) is 89.8 Å². The highest BCUT2D eigenvalue weighted by Gasteiger charge is 2.23. The van der Waals surface area contributed by atoms with Crippen LogP contribution in [-0.4, -0.2) is 46.1 Å². The van der Waals surface area contributed by atoms with Crippen molar-refractivity contribution in [1.82, 2.24) is 5.32 Å². The molecule has 0 heterocycles. The molecule has 0 aromatic carbocycles. The van der Waals surface area contributed by atoms with E-state index in [9.17, 15) is 20.1 Å². The summed E-state index contributed by atoms with van der Waals surface area (Å²) in [6.45, 7) is 4.27. The fourth-order valence-corrected chi connectivity index (χ4v) is 9.46. The summed E-state index contributed by atoms with van der Waals surface area (Å²) in [6.07, 6.45) is 71.0. The number of hydrogen-bond acceptors (Lipinski definition) is 4. The quantitative estimate of drug-likeness (QED) is 0.0361. The summed E-state index contributed by atoms with van der Waals surface area (Å²) in [5.74, 6) is -0.465. The van der Waals surface area contributed by atoms with Gasteiger partial charge in [0.15, 0.2) is 0 Å². The molecule has 0 fully saturated rings. The van der Waals surface area contributed by atoms with Crippen molar-refractivity contribution in [1.29, 1.82) is 0 Å². The van der Waals surface area contributed by atoms with Gasteiger partial charge < -0.3 is 20.6 Å². The lowest BCUT2D eigenvalue weighted by Gasteiger charge is -2.23. The number of nitrogens with one attached hydrogen (secondary N) is 1. The number of aliphatic hydroxyl groups is 3. The highest BCUT2D eigenvalue weighted by molar-refractivity contribution is 5.80. The summed E-state index contributed by atoms with van der Waals surface area (Å²) < 4.78 is 0. The van der Waals surface area contributed by atoms with Gasteiger partial charge in [-0.2, -0.15) is 0 Å². The second-order valence-corrected chi connectivity index (χ2v) is 20.6. The van der Waals surface area contributed by atoms with E-state index >= 15 is 0 Å². The van der Waals surface area contributed by atoms with E-state index in [2.05, 4.69) is 43.5 Å². The van der Waals surface area contributed by atoms with Gasteiger partial charge in [0.2, 0.25) is 5.91 Å². The van der Waals surface area contributed by atoms with Crippen LogP contribution in [0.5, 0.6) is 0 Å². The second-order valence-electron chi connectivity index (χ2n) is 20.6. The zero-order chi connectivity index (χ0) is 47.2. The zero-order valence-corrected chi connectivity index (χ0v) is 44.1. The molecule has 65 heavy (non-hydrogen) atoms.